The number of rotatable bonds is 7. The maximum atomic E-state index is 12.9. The molecule has 10 heteroatoms. The summed E-state index contributed by atoms with van der Waals surface area (Å²) in [6.45, 7) is 1.33. The van der Waals surface area contributed by atoms with Crippen molar-refractivity contribution in [2.45, 2.75) is 56.3 Å². The maximum Gasteiger partial charge on any atom is 0.416 e. The molecule has 2 N–H and O–H groups in total. The van der Waals surface area contributed by atoms with E-state index < -0.39 is 17.6 Å². The number of nitrogens with zero attached hydrogens (tertiary/aromatic N) is 2. The van der Waals surface area contributed by atoms with Crippen molar-refractivity contribution in [2.75, 3.05) is 33.7 Å². The lowest BCUT2D eigenvalue weighted by Crippen LogP contribution is -2.44. The van der Waals surface area contributed by atoms with Crippen molar-refractivity contribution in [2.24, 2.45) is 0 Å². The average Bonchev–Trinajstić information content (AvgIpc) is 3.39. The molecule has 0 unspecified atom stereocenters. The quantitative estimate of drug-likeness (QED) is 0.551. The Morgan fingerprint density at radius 3 is 2.28 bits per heavy atom. The van der Waals surface area contributed by atoms with Crippen LogP contribution in [-0.4, -0.2) is 73.3 Å². The predicted molar refractivity (Wildman–Crippen MR) is 141 cm³/mol. The summed E-state index contributed by atoms with van der Waals surface area (Å²) < 4.78 is 38.7. The third-order valence-electron chi connectivity index (χ3n) is 7.69. The van der Waals surface area contributed by atoms with E-state index in [1.807, 2.05) is 12.1 Å². The van der Waals surface area contributed by atoms with E-state index in [0.717, 1.165) is 57.3 Å². The van der Waals surface area contributed by atoms with Crippen LogP contribution in [0.4, 0.5) is 13.2 Å². The number of nitrogens with one attached hydrogen (secondary N) is 2. The molecule has 0 spiro atoms. The Balaban J connectivity index is 1.19. The number of amides is 3. The molecule has 2 fully saturated rings. The smallest absolute Gasteiger partial charge is 0.350 e. The van der Waals surface area contributed by atoms with Gasteiger partial charge in [0.25, 0.3) is 11.8 Å². The van der Waals surface area contributed by atoms with Crippen molar-refractivity contribution in [3.8, 4) is 0 Å². The molecule has 0 radical (unpaired) electrons. The van der Waals surface area contributed by atoms with Crippen molar-refractivity contribution in [3.05, 3.63) is 70.8 Å². The van der Waals surface area contributed by atoms with Gasteiger partial charge in [-0.05, 0) is 73.9 Å². The van der Waals surface area contributed by atoms with Gasteiger partial charge in [-0.3, -0.25) is 19.3 Å². The van der Waals surface area contributed by atoms with Gasteiger partial charge >= 0.3 is 6.18 Å². The molecule has 7 nitrogen and oxygen atoms in total. The Bertz CT molecular complexity index is 1180. The van der Waals surface area contributed by atoms with Crippen molar-refractivity contribution in [1.82, 2.24) is 20.4 Å². The Hall–Kier alpha value is -3.40. The fraction of sp³-hybridized carbons (Fsp3) is 0.483. The molecule has 1 saturated carbocycles. The first-order valence-corrected chi connectivity index (χ1v) is 13.3. The number of halogens is 3. The van der Waals surface area contributed by atoms with Crippen LogP contribution in [0, 0.1) is 0 Å². The molecular weight excluding hydrogens is 509 g/mol. The van der Waals surface area contributed by atoms with E-state index >= 15 is 0 Å². The van der Waals surface area contributed by atoms with Crippen LogP contribution in [0.5, 0.6) is 0 Å². The first-order valence-electron chi connectivity index (χ1n) is 13.3. The molecule has 0 bridgehead atoms. The summed E-state index contributed by atoms with van der Waals surface area (Å²) in [5.74, 6) is -0.607. The minimum Gasteiger partial charge on any atom is -0.350 e. The second kappa shape index (κ2) is 12.2. The van der Waals surface area contributed by atoms with Gasteiger partial charge in [-0.1, -0.05) is 18.2 Å². The van der Waals surface area contributed by atoms with E-state index in [9.17, 15) is 27.6 Å². The number of alkyl halides is 3. The van der Waals surface area contributed by atoms with Gasteiger partial charge in [-0.15, -0.1) is 0 Å². The van der Waals surface area contributed by atoms with Crippen LogP contribution in [0.25, 0.3) is 0 Å². The lowest BCUT2D eigenvalue weighted by Gasteiger charge is -2.35. The summed E-state index contributed by atoms with van der Waals surface area (Å²) in [6, 6.07) is 12.5. The molecule has 0 aromatic heterocycles. The van der Waals surface area contributed by atoms with Crippen molar-refractivity contribution in [1.29, 1.82) is 0 Å². The first kappa shape index (κ1) is 28.6. The normalized spacial score (nSPS) is 21.8. The Morgan fingerprint density at radius 2 is 1.64 bits per heavy atom. The Morgan fingerprint density at radius 1 is 0.949 bits per heavy atom. The highest BCUT2D eigenvalue weighted by atomic mass is 19.4. The van der Waals surface area contributed by atoms with Gasteiger partial charge < -0.3 is 15.5 Å². The number of hydrogen-bond acceptors (Lipinski definition) is 4. The second-order valence-electron chi connectivity index (χ2n) is 10.6. The molecule has 1 atom stereocenters. The largest absolute Gasteiger partial charge is 0.416 e. The highest BCUT2D eigenvalue weighted by molar-refractivity contribution is 5.96. The third kappa shape index (κ3) is 7.38. The van der Waals surface area contributed by atoms with Crippen LogP contribution in [-0.2, 0) is 11.0 Å². The van der Waals surface area contributed by atoms with Gasteiger partial charge in [-0.2, -0.15) is 13.2 Å². The summed E-state index contributed by atoms with van der Waals surface area (Å²) in [7, 11) is 3.49. The number of likely N-dealkylation sites (tertiary alicyclic amines) is 1. The summed E-state index contributed by atoms with van der Waals surface area (Å²) in [5.41, 5.74) is 0.910. The van der Waals surface area contributed by atoms with Crippen LogP contribution >= 0.6 is 0 Å². The van der Waals surface area contributed by atoms with Gasteiger partial charge in [-0.25, -0.2) is 0 Å². The number of carbonyl (C=O) groups excluding carboxylic acids is 3. The van der Waals surface area contributed by atoms with E-state index in [1.54, 1.807) is 19.0 Å². The fourth-order valence-electron chi connectivity index (χ4n) is 5.55. The maximum absolute atomic E-state index is 12.9. The molecule has 3 amide bonds. The lowest BCUT2D eigenvalue weighted by atomic mass is 9.81. The third-order valence-corrected chi connectivity index (χ3v) is 7.69. The highest BCUT2D eigenvalue weighted by Gasteiger charge is 2.33. The molecule has 1 heterocycles. The van der Waals surface area contributed by atoms with Gasteiger partial charge in [0.2, 0.25) is 5.91 Å². The van der Waals surface area contributed by atoms with E-state index in [-0.39, 0.29) is 30.0 Å². The first-order chi connectivity index (χ1) is 18.5. The van der Waals surface area contributed by atoms with Crippen LogP contribution in [0.2, 0.25) is 0 Å². The van der Waals surface area contributed by atoms with Gasteiger partial charge in [0.05, 0.1) is 12.1 Å². The van der Waals surface area contributed by atoms with Crippen molar-refractivity contribution in [3.63, 3.8) is 0 Å². The SMILES string of the molecule is CN(C)C(=O)c1ccc(C2CCC(N3CC[C@@H](NC(=O)CNC(=O)c4cccc(C(F)(F)F)c4)C3)CC2)cc1. The van der Waals surface area contributed by atoms with Crippen LogP contribution in [0.15, 0.2) is 48.5 Å². The topological polar surface area (TPSA) is 81.8 Å². The Labute approximate surface area is 226 Å². The molecule has 2 aromatic rings. The molecule has 39 heavy (non-hydrogen) atoms. The molecule has 4 rings (SSSR count). The van der Waals surface area contributed by atoms with Gasteiger partial charge in [0.15, 0.2) is 0 Å². The standard InChI is InChI=1S/C29H35F3N4O3/c1-35(2)28(39)21-8-6-19(7-9-21)20-10-12-25(13-11-20)36-15-14-24(18-36)34-26(37)17-33-27(38)22-4-3-5-23(16-22)29(30,31)32/h3-9,16,20,24-25H,10-15,17-18H2,1-2H3,(H,33,38)(H,34,37)/t20?,24-,25?/m1/s1. The zero-order valence-electron chi connectivity index (χ0n) is 22.3. The second-order valence-corrected chi connectivity index (χ2v) is 10.6. The molecule has 1 aliphatic heterocycles. The lowest BCUT2D eigenvalue weighted by molar-refractivity contribution is -0.137. The fourth-order valence-corrected chi connectivity index (χ4v) is 5.55. The molecular formula is C29H35F3N4O3. The zero-order chi connectivity index (χ0) is 28.2. The van der Waals surface area contributed by atoms with Crippen LogP contribution in [0.1, 0.15) is 69.9 Å². The molecule has 2 aliphatic rings. The number of hydrogen-bond donors (Lipinski definition) is 2. The molecule has 210 valence electrons. The number of benzene rings is 2. The summed E-state index contributed by atoms with van der Waals surface area (Å²) in [6.07, 6.45) is 0.546. The van der Waals surface area contributed by atoms with Crippen molar-refractivity contribution < 1.29 is 27.6 Å². The van der Waals surface area contributed by atoms with E-state index in [1.165, 1.54) is 17.7 Å². The molecule has 1 aliphatic carbocycles. The van der Waals surface area contributed by atoms with E-state index in [4.69, 9.17) is 0 Å². The number of carbonyl (C=O) groups is 3. The van der Waals surface area contributed by atoms with Gasteiger partial charge in [0, 0.05) is 50.4 Å². The average molecular weight is 545 g/mol. The summed E-state index contributed by atoms with van der Waals surface area (Å²) in [5, 5.41) is 5.35. The Kier molecular flexibility index (Phi) is 8.94. The minimum absolute atomic E-state index is 0.000893. The van der Waals surface area contributed by atoms with Crippen molar-refractivity contribution >= 4 is 17.7 Å². The highest BCUT2D eigenvalue weighted by Crippen LogP contribution is 2.36. The van der Waals surface area contributed by atoms with E-state index in [0.29, 0.717) is 17.5 Å². The summed E-state index contributed by atoms with van der Waals surface area (Å²) >= 11 is 0. The molecule has 2 aromatic carbocycles. The zero-order valence-corrected chi connectivity index (χ0v) is 22.3. The molecule has 1 saturated heterocycles. The van der Waals surface area contributed by atoms with Gasteiger partial charge in [0.1, 0.15) is 0 Å². The van der Waals surface area contributed by atoms with Crippen LogP contribution in [0.3, 0.4) is 0 Å². The van der Waals surface area contributed by atoms with Crippen LogP contribution < -0.4 is 10.6 Å². The van der Waals surface area contributed by atoms with E-state index in [2.05, 4.69) is 27.7 Å². The summed E-state index contributed by atoms with van der Waals surface area (Å²) in [4.78, 5) is 40.8. The predicted octanol–water partition coefficient (Wildman–Crippen LogP) is 4.05. The minimum atomic E-state index is -4.54. The monoisotopic (exact) mass is 544 g/mol.